The average molecular weight is 269 g/mol. The lowest BCUT2D eigenvalue weighted by atomic mass is 10.1. The van der Waals surface area contributed by atoms with Gasteiger partial charge in [-0.1, -0.05) is 18.0 Å². The number of methoxy groups -OCH3 is 1. The van der Waals surface area contributed by atoms with E-state index in [2.05, 4.69) is 15.0 Å². The molecular weight excluding hydrogens is 246 g/mol. The fraction of sp³-hybridized carbons (Fsp3) is 0.846. The van der Waals surface area contributed by atoms with E-state index >= 15 is 0 Å². The number of aliphatic hydroxyl groups is 1. The molecule has 6 nitrogen and oxygen atoms in total. The largest absolute Gasteiger partial charge is 0.396 e. The highest BCUT2D eigenvalue weighted by molar-refractivity contribution is 4.87. The Kier molecular flexibility index (Phi) is 5.75. The van der Waals surface area contributed by atoms with Crippen LogP contribution in [-0.2, 0) is 17.9 Å². The molecular formula is C13H23N3O3. The molecule has 1 aliphatic rings. The third-order valence-electron chi connectivity index (χ3n) is 3.58. The average Bonchev–Trinajstić information content (AvgIpc) is 2.72. The third-order valence-corrected chi connectivity index (χ3v) is 3.58. The Morgan fingerprint density at radius 1 is 1.42 bits per heavy atom. The van der Waals surface area contributed by atoms with Gasteiger partial charge in [0.2, 0.25) is 5.89 Å². The van der Waals surface area contributed by atoms with Gasteiger partial charge < -0.3 is 14.4 Å². The van der Waals surface area contributed by atoms with Crippen LogP contribution >= 0.6 is 0 Å². The first kappa shape index (κ1) is 14.4. The van der Waals surface area contributed by atoms with Crippen molar-refractivity contribution in [2.75, 3.05) is 20.3 Å². The van der Waals surface area contributed by atoms with Crippen molar-refractivity contribution < 1.29 is 14.4 Å². The number of rotatable bonds is 6. The summed E-state index contributed by atoms with van der Waals surface area (Å²) in [5.74, 6) is 1.22. The van der Waals surface area contributed by atoms with E-state index in [1.165, 1.54) is 19.3 Å². The maximum absolute atomic E-state index is 9.17. The van der Waals surface area contributed by atoms with Crippen molar-refractivity contribution >= 4 is 0 Å². The summed E-state index contributed by atoms with van der Waals surface area (Å²) in [5, 5.41) is 13.1. The van der Waals surface area contributed by atoms with Gasteiger partial charge in [0.15, 0.2) is 5.82 Å². The summed E-state index contributed by atoms with van der Waals surface area (Å²) in [7, 11) is 1.61. The molecule has 2 rings (SSSR count). The smallest absolute Gasteiger partial charge is 0.240 e. The molecule has 108 valence electrons. The second kappa shape index (κ2) is 7.57. The predicted molar refractivity (Wildman–Crippen MR) is 69.4 cm³/mol. The van der Waals surface area contributed by atoms with Crippen molar-refractivity contribution in [3.05, 3.63) is 11.7 Å². The zero-order valence-electron chi connectivity index (χ0n) is 11.5. The summed E-state index contributed by atoms with van der Waals surface area (Å²) in [6, 6.07) is 0.422. The van der Waals surface area contributed by atoms with Gasteiger partial charge in [-0.05, 0) is 25.8 Å². The fourth-order valence-corrected chi connectivity index (χ4v) is 2.64. The zero-order valence-corrected chi connectivity index (χ0v) is 11.5. The van der Waals surface area contributed by atoms with Crippen LogP contribution < -0.4 is 0 Å². The van der Waals surface area contributed by atoms with Crippen LogP contribution in [0.3, 0.4) is 0 Å². The van der Waals surface area contributed by atoms with Gasteiger partial charge in [0, 0.05) is 19.8 Å². The molecule has 0 saturated carbocycles. The number of aromatic nitrogens is 2. The summed E-state index contributed by atoms with van der Waals surface area (Å²) < 4.78 is 10.2. The Bertz CT molecular complexity index is 370. The summed E-state index contributed by atoms with van der Waals surface area (Å²) in [6.45, 7) is 2.32. The van der Waals surface area contributed by atoms with Gasteiger partial charge in [0.25, 0.3) is 0 Å². The summed E-state index contributed by atoms with van der Waals surface area (Å²) in [6.07, 6.45) is 5.65. The van der Waals surface area contributed by atoms with Gasteiger partial charge in [-0.3, -0.25) is 4.90 Å². The van der Waals surface area contributed by atoms with Crippen LogP contribution in [-0.4, -0.2) is 46.5 Å². The molecule has 1 unspecified atom stereocenters. The Morgan fingerprint density at radius 2 is 2.32 bits per heavy atom. The first-order valence-electron chi connectivity index (χ1n) is 6.98. The molecule has 1 aromatic heterocycles. The van der Waals surface area contributed by atoms with Crippen molar-refractivity contribution in [1.29, 1.82) is 0 Å². The standard InChI is InChI=1S/C13H23N3O3/c1-18-10-12-14-13(19-15-12)9-16-7-4-2-3-5-11(16)6-8-17/h11,17H,2-10H2,1H3. The van der Waals surface area contributed by atoms with E-state index in [9.17, 15) is 5.11 Å². The molecule has 0 spiro atoms. The summed E-state index contributed by atoms with van der Waals surface area (Å²) in [4.78, 5) is 6.67. The Morgan fingerprint density at radius 3 is 3.11 bits per heavy atom. The van der Waals surface area contributed by atoms with Crippen LogP contribution in [0.5, 0.6) is 0 Å². The Balaban J connectivity index is 1.96. The summed E-state index contributed by atoms with van der Waals surface area (Å²) in [5.41, 5.74) is 0. The third kappa shape index (κ3) is 4.26. The fourth-order valence-electron chi connectivity index (χ4n) is 2.64. The van der Waals surface area contributed by atoms with Crippen molar-refractivity contribution in [1.82, 2.24) is 15.0 Å². The lowest BCUT2D eigenvalue weighted by Gasteiger charge is -2.27. The number of hydrogen-bond donors (Lipinski definition) is 1. The normalized spacial score (nSPS) is 21.5. The first-order chi connectivity index (χ1) is 9.33. The Hall–Kier alpha value is -0.980. The van der Waals surface area contributed by atoms with Gasteiger partial charge in [-0.2, -0.15) is 4.98 Å². The van der Waals surface area contributed by atoms with Crippen molar-refractivity contribution in [3.63, 3.8) is 0 Å². The molecule has 1 saturated heterocycles. The number of likely N-dealkylation sites (tertiary alicyclic amines) is 1. The van der Waals surface area contributed by atoms with Gasteiger partial charge in [0.1, 0.15) is 6.61 Å². The SMILES string of the molecule is COCc1noc(CN2CCCCCC2CCO)n1. The lowest BCUT2D eigenvalue weighted by Crippen LogP contribution is -2.35. The maximum Gasteiger partial charge on any atom is 0.240 e. The highest BCUT2D eigenvalue weighted by Crippen LogP contribution is 2.20. The number of nitrogens with zero attached hydrogens (tertiary/aromatic N) is 3. The van der Waals surface area contributed by atoms with E-state index in [1.54, 1.807) is 7.11 Å². The molecule has 1 N–H and O–H groups in total. The zero-order chi connectivity index (χ0) is 13.5. The number of ether oxygens (including phenoxy) is 1. The molecule has 0 amide bonds. The van der Waals surface area contributed by atoms with Crippen LogP contribution in [0.2, 0.25) is 0 Å². The van der Waals surface area contributed by atoms with Crippen molar-refractivity contribution in [3.8, 4) is 0 Å². The molecule has 1 aliphatic heterocycles. The molecule has 0 bridgehead atoms. The maximum atomic E-state index is 9.17. The van der Waals surface area contributed by atoms with Crippen LogP contribution in [0.1, 0.15) is 43.8 Å². The molecule has 2 heterocycles. The highest BCUT2D eigenvalue weighted by Gasteiger charge is 2.22. The Labute approximate surface area is 113 Å². The minimum Gasteiger partial charge on any atom is -0.396 e. The molecule has 0 aromatic carbocycles. The van der Waals surface area contributed by atoms with Crippen LogP contribution in [0, 0.1) is 0 Å². The van der Waals surface area contributed by atoms with Gasteiger partial charge in [-0.15, -0.1) is 0 Å². The van der Waals surface area contributed by atoms with Crippen molar-refractivity contribution in [2.24, 2.45) is 0 Å². The second-order valence-corrected chi connectivity index (χ2v) is 5.02. The lowest BCUT2D eigenvalue weighted by molar-refractivity contribution is 0.136. The molecule has 1 atom stereocenters. The van der Waals surface area contributed by atoms with Gasteiger partial charge in [0.05, 0.1) is 6.54 Å². The topological polar surface area (TPSA) is 71.6 Å². The van der Waals surface area contributed by atoms with Gasteiger partial charge >= 0.3 is 0 Å². The second-order valence-electron chi connectivity index (χ2n) is 5.02. The molecule has 1 fully saturated rings. The molecule has 19 heavy (non-hydrogen) atoms. The predicted octanol–water partition coefficient (Wildman–Crippen LogP) is 1.34. The minimum atomic E-state index is 0.236. The van der Waals surface area contributed by atoms with E-state index in [4.69, 9.17) is 9.26 Å². The van der Waals surface area contributed by atoms with E-state index in [0.717, 1.165) is 19.4 Å². The molecule has 0 radical (unpaired) electrons. The molecule has 0 aliphatic carbocycles. The number of hydrogen-bond acceptors (Lipinski definition) is 6. The quantitative estimate of drug-likeness (QED) is 0.840. The number of aliphatic hydroxyl groups excluding tert-OH is 1. The van der Waals surface area contributed by atoms with Gasteiger partial charge in [-0.25, -0.2) is 0 Å². The molecule has 6 heteroatoms. The highest BCUT2D eigenvalue weighted by atomic mass is 16.5. The monoisotopic (exact) mass is 269 g/mol. The minimum absolute atomic E-state index is 0.236. The van der Waals surface area contributed by atoms with Crippen molar-refractivity contribution in [2.45, 2.75) is 51.3 Å². The van der Waals surface area contributed by atoms with Crippen LogP contribution in [0.4, 0.5) is 0 Å². The van der Waals surface area contributed by atoms with E-state index in [-0.39, 0.29) is 6.61 Å². The summed E-state index contributed by atoms with van der Waals surface area (Å²) >= 11 is 0. The van der Waals surface area contributed by atoms with Crippen LogP contribution in [0.25, 0.3) is 0 Å². The van der Waals surface area contributed by atoms with Crippen LogP contribution in [0.15, 0.2) is 4.52 Å². The van der Waals surface area contributed by atoms with E-state index in [0.29, 0.717) is 30.9 Å². The molecule has 1 aromatic rings. The first-order valence-corrected chi connectivity index (χ1v) is 6.98. The van der Waals surface area contributed by atoms with E-state index < -0.39 is 0 Å². The van der Waals surface area contributed by atoms with E-state index in [1.807, 2.05) is 0 Å².